The van der Waals surface area contributed by atoms with Gasteiger partial charge in [0.1, 0.15) is 0 Å². The number of nitrogens with zero attached hydrogens (tertiary/aromatic N) is 1. The Morgan fingerprint density at radius 1 is 1.18 bits per heavy atom. The molecule has 0 aromatic carbocycles. The number of methoxy groups -OCH3 is 1. The van der Waals surface area contributed by atoms with Crippen LogP contribution in [0.15, 0.2) is 0 Å². The Morgan fingerprint density at radius 2 is 1.82 bits per heavy atom. The smallest absolute Gasteiger partial charge is 0.0589 e. The molecular formula is C14H32N2O. The topological polar surface area (TPSA) is 24.5 Å². The van der Waals surface area contributed by atoms with Gasteiger partial charge in [-0.15, -0.1) is 0 Å². The highest BCUT2D eigenvalue weighted by atomic mass is 16.5. The predicted molar refractivity (Wildman–Crippen MR) is 75.5 cm³/mol. The van der Waals surface area contributed by atoms with Gasteiger partial charge < -0.3 is 10.1 Å². The second-order valence-electron chi connectivity index (χ2n) is 5.13. The van der Waals surface area contributed by atoms with E-state index in [1.54, 1.807) is 7.11 Å². The summed E-state index contributed by atoms with van der Waals surface area (Å²) in [7, 11) is 1.77. The number of hydrogen-bond donors (Lipinski definition) is 1. The molecule has 0 aliphatic heterocycles. The molecule has 0 saturated heterocycles. The number of hydrogen-bond acceptors (Lipinski definition) is 3. The van der Waals surface area contributed by atoms with E-state index in [-0.39, 0.29) is 0 Å². The molecule has 3 nitrogen and oxygen atoms in total. The fraction of sp³-hybridized carbons (Fsp3) is 1.00. The van der Waals surface area contributed by atoms with Crippen LogP contribution in [0.4, 0.5) is 0 Å². The molecule has 0 amide bonds. The van der Waals surface area contributed by atoms with Gasteiger partial charge in [-0.25, -0.2) is 0 Å². The van der Waals surface area contributed by atoms with Crippen LogP contribution >= 0.6 is 0 Å². The van der Waals surface area contributed by atoms with Crippen LogP contribution in [0.5, 0.6) is 0 Å². The summed E-state index contributed by atoms with van der Waals surface area (Å²) in [5.74, 6) is 0.721. The maximum absolute atomic E-state index is 5.19. The molecule has 0 aliphatic rings. The van der Waals surface area contributed by atoms with Crippen molar-refractivity contribution >= 4 is 0 Å². The van der Waals surface area contributed by atoms with Crippen LogP contribution in [-0.2, 0) is 4.74 Å². The quantitative estimate of drug-likeness (QED) is 0.638. The average molecular weight is 244 g/mol. The van der Waals surface area contributed by atoms with E-state index < -0.39 is 0 Å². The van der Waals surface area contributed by atoms with Crippen LogP contribution in [0.2, 0.25) is 0 Å². The minimum atomic E-state index is 0.579. The fourth-order valence-electron chi connectivity index (χ4n) is 2.01. The largest absolute Gasteiger partial charge is 0.383 e. The first-order valence-corrected chi connectivity index (χ1v) is 7.03. The first kappa shape index (κ1) is 16.9. The lowest BCUT2D eigenvalue weighted by molar-refractivity contribution is 0.114. The van der Waals surface area contributed by atoms with Gasteiger partial charge in [-0.05, 0) is 26.3 Å². The standard InChI is InChI=1S/C14H32N2O/c1-7-13(5)14(15-8-2)11-16(12(3)4)9-10-17-6/h12-15H,7-11H2,1-6H3. The third-order valence-corrected chi connectivity index (χ3v) is 3.54. The molecule has 1 N–H and O–H groups in total. The average Bonchev–Trinajstić information content (AvgIpc) is 2.31. The Hall–Kier alpha value is -0.120. The fourth-order valence-corrected chi connectivity index (χ4v) is 2.01. The maximum Gasteiger partial charge on any atom is 0.0589 e. The summed E-state index contributed by atoms with van der Waals surface area (Å²) in [6.07, 6.45) is 1.23. The lowest BCUT2D eigenvalue weighted by Gasteiger charge is -2.33. The van der Waals surface area contributed by atoms with E-state index in [0.717, 1.165) is 32.2 Å². The molecule has 3 heteroatoms. The third kappa shape index (κ3) is 7.02. The molecule has 0 radical (unpaired) electrons. The van der Waals surface area contributed by atoms with Gasteiger partial charge in [0.25, 0.3) is 0 Å². The van der Waals surface area contributed by atoms with Crippen molar-refractivity contribution in [3.8, 4) is 0 Å². The zero-order valence-corrected chi connectivity index (χ0v) is 12.6. The number of ether oxygens (including phenoxy) is 1. The van der Waals surface area contributed by atoms with Crippen molar-refractivity contribution < 1.29 is 4.74 Å². The molecular weight excluding hydrogens is 212 g/mol. The Morgan fingerprint density at radius 3 is 2.24 bits per heavy atom. The van der Waals surface area contributed by atoms with E-state index in [0.29, 0.717) is 12.1 Å². The van der Waals surface area contributed by atoms with Crippen LogP contribution < -0.4 is 5.32 Å². The number of likely N-dealkylation sites (N-methyl/N-ethyl adjacent to an activating group) is 1. The third-order valence-electron chi connectivity index (χ3n) is 3.54. The molecule has 0 aromatic rings. The van der Waals surface area contributed by atoms with E-state index in [9.17, 15) is 0 Å². The molecule has 0 spiro atoms. The van der Waals surface area contributed by atoms with Gasteiger partial charge in [-0.2, -0.15) is 0 Å². The lowest BCUT2D eigenvalue weighted by atomic mass is 9.98. The zero-order valence-electron chi connectivity index (χ0n) is 12.6. The van der Waals surface area contributed by atoms with Crippen molar-refractivity contribution in [2.45, 2.75) is 53.1 Å². The first-order chi connectivity index (χ1) is 8.06. The highest BCUT2D eigenvalue weighted by Crippen LogP contribution is 2.11. The van der Waals surface area contributed by atoms with Crippen LogP contribution in [0.3, 0.4) is 0 Å². The molecule has 2 unspecified atom stereocenters. The molecule has 0 bridgehead atoms. The minimum Gasteiger partial charge on any atom is -0.383 e. The summed E-state index contributed by atoms with van der Waals surface area (Å²) in [4.78, 5) is 2.50. The summed E-state index contributed by atoms with van der Waals surface area (Å²) in [6.45, 7) is 15.3. The van der Waals surface area contributed by atoms with Crippen molar-refractivity contribution in [1.82, 2.24) is 10.2 Å². The summed E-state index contributed by atoms with van der Waals surface area (Å²) in [5.41, 5.74) is 0. The molecule has 0 rings (SSSR count). The summed E-state index contributed by atoms with van der Waals surface area (Å²) >= 11 is 0. The van der Waals surface area contributed by atoms with Gasteiger partial charge in [0, 0.05) is 32.3 Å². The lowest BCUT2D eigenvalue weighted by Crippen LogP contribution is -2.47. The van der Waals surface area contributed by atoms with Crippen LogP contribution in [0, 0.1) is 5.92 Å². The van der Waals surface area contributed by atoms with Crippen LogP contribution in [0.1, 0.15) is 41.0 Å². The molecule has 0 aliphatic carbocycles. The van der Waals surface area contributed by atoms with Crippen molar-refractivity contribution in [3.05, 3.63) is 0 Å². The van der Waals surface area contributed by atoms with Crippen molar-refractivity contribution in [2.75, 3.05) is 33.4 Å². The van der Waals surface area contributed by atoms with Crippen LogP contribution in [0.25, 0.3) is 0 Å². The monoisotopic (exact) mass is 244 g/mol. The van der Waals surface area contributed by atoms with Gasteiger partial charge in [0.05, 0.1) is 6.61 Å². The summed E-state index contributed by atoms with van der Waals surface area (Å²) in [6, 6.07) is 1.17. The van der Waals surface area contributed by atoms with E-state index in [2.05, 4.69) is 44.8 Å². The summed E-state index contributed by atoms with van der Waals surface area (Å²) < 4.78 is 5.19. The zero-order chi connectivity index (χ0) is 13.3. The predicted octanol–water partition coefficient (Wildman–Crippen LogP) is 2.37. The van der Waals surface area contributed by atoms with E-state index in [1.165, 1.54) is 6.42 Å². The molecule has 17 heavy (non-hydrogen) atoms. The highest BCUT2D eigenvalue weighted by molar-refractivity contribution is 4.78. The minimum absolute atomic E-state index is 0.579. The molecule has 0 saturated carbocycles. The molecule has 0 aromatic heterocycles. The maximum atomic E-state index is 5.19. The SMILES string of the molecule is CCNC(CN(CCOC)C(C)C)C(C)CC. The Balaban J connectivity index is 4.33. The molecule has 104 valence electrons. The second kappa shape index (κ2) is 9.86. The van der Waals surface area contributed by atoms with Crippen molar-refractivity contribution in [3.63, 3.8) is 0 Å². The summed E-state index contributed by atoms with van der Waals surface area (Å²) in [5, 5.41) is 3.61. The highest BCUT2D eigenvalue weighted by Gasteiger charge is 2.19. The second-order valence-corrected chi connectivity index (χ2v) is 5.13. The van der Waals surface area contributed by atoms with Gasteiger partial charge in [0.15, 0.2) is 0 Å². The van der Waals surface area contributed by atoms with Gasteiger partial charge in [-0.3, -0.25) is 4.90 Å². The van der Waals surface area contributed by atoms with E-state index in [1.807, 2.05) is 0 Å². The van der Waals surface area contributed by atoms with Crippen molar-refractivity contribution in [1.29, 1.82) is 0 Å². The Labute approximate surface area is 108 Å². The molecule has 2 atom stereocenters. The van der Waals surface area contributed by atoms with Crippen LogP contribution in [-0.4, -0.2) is 50.3 Å². The van der Waals surface area contributed by atoms with Gasteiger partial charge in [-0.1, -0.05) is 27.2 Å². The van der Waals surface area contributed by atoms with Crippen molar-refractivity contribution in [2.24, 2.45) is 5.92 Å². The molecule has 0 fully saturated rings. The van der Waals surface area contributed by atoms with E-state index >= 15 is 0 Å². The van der Waals surface area contributed by atoms with E-state index in [4.69, 9.17) is 4.74 Å². The normalized spacial score (nSPS) is 15.5. The van der Waals surface area contributed by atoms with Gasteiger partial charge in [0.2, 0.25) is 0 Å². The number of nitrogens with one attached hydrogen (secondary N) is 1. The number of rotatable bonds is 10. The van der Waals surface area contributed by atoms with Gasteiger partial charge >= 0.3 is 0 Å². The first-order valence-electron chi connectivity index (χ1n) is 7.03. The Bertz CT molecular complexity index is 174. The Kier molecular flexibility index (Phi) is 9.79. The molecule has 0 heterocycles.